The van der Waals surface area contributed by atoms with Crippen LogP contribution in [0.1, 0.15) is 0 Å². The minimum absolute atomic E-state index is 0.0452. The molecule has 0 saturated carbocycles. The summed E-state index contributed by atoms with van der Waals surface area (Å²) in [5.74, 6) is 0.816. The van der Waals surface area contributed by atoms with E-state index < -0.39 is 9.84 Å². The molecule has 142 valence electrons. The summed E-state index contributed by atoms with van der Waals surface area (Å²) < 4.78 is 30.3. The number of hydrogen-bond acceptors (Lipinski definition) is 7. The molecule has 0 aliphatic rings. The number of anilines is 1. The Morgan fingerprint density at radius 1 is 1.33 bits per heavy atom. The number of furan rings is 1. The van der Waals surface area contributed by atoms with Gasteiger partial charge in [0.1, 0.15) is 0 Å². The van der Waals surface area contributed by atoms with Crippen LogP contribution in [0.25, 0.3) is 11.6 Å². The summed E-state index contributed by atoms with van der Waals surface area (Å²) in [6.07, 6.45) is 2.63. The predicted octanol–water partition coefficient (Wildman–Crippen LogP) is 2.86. The van der Waals surface area contributed by atoms with Crippen molar-refractivity contribution in [3.05, 3.63) is 41.6 Å². The summed E-state index contributed by atoms with van der Waals surface area (Å²) >= 11 is 7.22. The van der Waals surface area contributed by atoms with Crippen molar-refractivity contribution in [2.75, 3.05) is 17.3 Å². The molecule has 1 aromatic carbocycles. The normalized spacial score (nSPS) is 11.5. The van der Waals surface area contributed by atoms with Gasteiger partial charge < -0.3 is 14.3 Å². The molecule has 27 heavy (non-hydrogen) atoms. The summed E-state index contributed by atoms with van der Waals surface area (Å²) in [5.41, 5.74) is 0.236. The number of halogens is 1. The highest BCUT2D eigenvalue weighted by molar-refractivity contribution is 7.99. The van der Waals surface area contributed by atoms with E-state index in [-0.39, 0.29) is 27.3 Å². The molecule has 0 aliphatic carbocycles. The molecule has 0 unspecified atom stereocenters. The van der Waals surface area contributed by atoms with Crippen molar-refractivity contribution in [2.24, 2.45) is 7.05 Å². The number of amides is 1. The second-order valence-corrected chi connectivity index (χ2v) is 8.96. The largest absolute Gasteiger partial charge is 0.461 e. The van der Waals surface area contributed by atoms with Gasteiger partial charge in [0.05, 0.1) is 27.6 Å². The van der Waals surface area contributed by atoms with Gasteiger partial charge in [-0.05, 0) is 30.3 Å². The lowest BCUT2D eigenvalue weighted by Gasteiger charge is -2.09. The Morgan fingerprint density at radius 3 is 2.78 bits per heavy atom. The number of nitrogens with one attached hydrogen (secondary N) is 1. The Hall–Kier alpha value is -2.30. The molecule has 0 atom stereocenters. The van der Waals surface area contributed by atoms with Crippen LogP contribution in [0.3, 0.4) is 0 Å². The number of carbonyl (C=O) groups is 1. The molecule has 8 nitrogen and oxygen atoms in total. The molecule has 0 spiro atoms. The van der Waals surface area contributed by atoms with Crippen molar-refractivity contribution in [3.63, 3.8) is 0 Å². The number of sulfone groups is 1. The monoisotopic (exact) mass is 426 g/mol. The van der Waals surface area contributed by atoms with E-state index in [9.17, 15) is 13.2 Å². The number of benzene rings is 1. The highest BCUT2D eigenvalue weighted by Crippen LogP contribution is 2.26. The van der Waals surface area contributed by atoms with E-state index >= 15 is 0 Å². The van der Waals surface area contributed by atoms with Crippen LogP contribution in [0.4, 0.5) is 5.69 Å². The Bertz CT molecular complexity index is 1080. The lowest BCUT2D eigenvalue weighted by atomic mass is 10.3. The molecule has 0 radical (unpaired) electrons. The first-order valence-corrected chi connectivity index (χ1v) is 10.9. The van der Waals surface area contributed by atoms with Gasteiger partial charge in [-0.25, -0.2) is 8.42 Å². The molecular weight excluding hydrogens is 412 g/mol. The first-order chi connectivity index (χ1) is 12.8. The van der Waals surface area contributed by atoms with E-state index in [4.69, 9.17) is 16.0 Å². The molecule has 0 fully saturated rings. The van der Waals surface area contributed by atoms with Gasteiger partial charge in [-0.3, -0.25) is 4.79 Å². The molecule has 0 bridgehead atoms. The van der Waals surface area contributed by atoms with E-state index in [0.29, 0.717) is 16.7 Å². The van der Waals surface area contributed by atoms with E-state index in [2.05, 4.69) is 15.5 Å². The topological polar surface area (TPSA) is 107 Å². The van der Waals surface area contributed by atoms with Crippen molar-refractivity contribution in [1.29, 1.82) is 0 Å². The highest BCUT2D eigenvalue weighted by Gasteiger charge is 2.16. The van der Waals surface area contributed by atoms with E-state index in [1.54, 1.807) is 30.0 Å². The summed E-state index contributed by atoms with van der Waals surface area (Å²) in [6, 6.07) is 7.66. The minimum atomic E-state index is -3.40. The molecule has 2 aromatic heterocycles. The summed E-state index contributed by atoms with van der Waals surface area (Å²) in [4.78, 5) is 12.3. The van der Waals surface area contributed by atoms with Crippen molar-refractivity contribution in [2.45, 2.75) is 10.1 Å². The van der Waals surface area contributed by atoms with Crippen LogP contribution in [0.2, 0.25) is 5.02 Å². The third kappa shape index (κ3) is 4.52. The third-order valence-corrected chi connectivity index (χ3v) is 6.01. The standard InChI is InChI=1S/C16H15ClN4O4S2/c1-21-15(13-4-3-7-25-13)19-20-16(21)26-9-14(22)18-12-8-10(27(2,23)24)5-6-11(12)17/h3-8H,9H2,1-2H3,(H,18,22). The van der Waals surface area contributed by atoms with E-state index in [1.807, 2.05) is 0 Å². The SMILES string of the molecule is Cn1c(SCC(=O)Nc2cc(S(C)(=O)=O)ccc2Cl)nnc1-c1ccco1. The van der Waals surface area contributed by atoms with Gasteiger partial charge in [0, 0.05) is 13.3 Å². The average molecular weight is 427 g/mol. The zero-order valence-corrected chi connectivity index (χ0v) is 16.7. The molecule has 11 heteroatoms. The summed E-state index contributed by atoms with van der Waals surface area (Å²) in [5, 5.41) is 11.5. The molecule has 3 rings (SSSR count). The second-order valence-electron chi connectivity index (χ2n) is 5.59. The van der Waals surface area contributed by atoms with Gasteiger partial charge in [-0.2, -0.15) is 0 Å². The second kappa shape index (κ2) is 7.75. The summed E-state index contributed by atoms with van der Waals surface area (Å²) in [7, 11) is -1.63. The Morgan fingerprint density at radius 2 is 2.11 bits per heavy atom. The van der Waals surface area contributed by atoms with Crippen LogP contribution in [0.15, 0.2) is 51.1 Å². The lowest BCUT2D eigenvalue weighted by Crippen LogP contribution is -2.15. The molecular formula is C16H15ClN4O4S2. The third-order valence-electron chi connectivity index (χ3n) is 3.55. The fourth-order valence-corrected chi connectivity index (χ4v) is 3.73. The molecule has 3 aromatic rings. The Labute approximate surface area is 164 Å². The number of carbonyl (C=O) groups excluding carboxylic acids is 1. The van der Waals surface area contributed by atoms with E-state index in [0.717, 1.165) is 6.26 Å². The van der Waals surface area contributed by atoms with Crippen molar-refractivity contribution in [3.8, 4) is 11.6 Å². The molecule has 0 saturated heterocycles. The first-order valence-electron chi connectivity index (χ1n) is 7.61. The predicted molar refractivity (Wildman–Crippen MR) is 103 cm³/mol. The van der Waals surface area contributed by atoms with Crippen LogP contribution in [-0.2, 0) is 21.7 Å². The zero-order chi connectivity index (χ0) is 19.6. The molecule has 1 amide bonds. The van der Waals surface area contributed by atoms with Gasteiger partial charge in [-0.15, -0.1) is 10.2 Å². The fourth-order valence-electron chi connectivity index (χ4n) is 2.21. The number of rotatable bonds is 6. The van der Waals surface area contributed by atoms with Gasteiger partial charge in [-0.1, -0.05) is 23.4 Å². The maximum absolute atomic E-state index is 12.2. The number of thioether (sulfide) groups is 1. The average Bonchev–Trinajstić information content (AvgIpc) is 3.23. The molecule has 0 aliphatic heterocycles. The lowest BCUT2D eigenvalue weighted by molar-refractivity contribution is -0.113. The number of hydrogen-bond donors (Lipinski definition) is 1. The Balaban J connectivity index is 1.68. The quantitative estimate of drug-likeness (QED) is 0.604. The van der Waals surface area contributed by atoms with Crippen molar-refractivity contribution in [1.82, 2.24) is 14.8 Å². The van der Waals surface area contributed by atoms with Gasteiger partial charge >= 0.3 is 0 Å². The van der Waals surface area contributed by atoms with Crippen molar-refractivity contribution < 1.29 is 17.6 Å². The smallest absolute Gasteiger partial charge is 0.234 e. The van der Waals surface area contributed by atoms with Gasteiger partial charge in [0.25, 0.3) is 0 Å². The van der Waals surface area contributed by atoms with Gasteiger partial charge in [0.15, 0.2) is 26.6 Å². The zero-order valence-electron chi connectivity index (χ0n) is 14.3. The molecule has 1 N–H and O–H groups in total. The van der Waals surface area contributed by atoms with Crippen molar-refractivity contribution >= 4 is 44.8 Å². The van der Waals surface area contributed by atoms with Crippen LogP contribution in [0, 0.1) is 0 Å². The summed E-state index contributed by atoms with van der Waals surface area (Å²) in [6.45, 7) is 0. The maximum atomic E-state index is 12.2. The van der Waals surface area contributed by atoms with E-state index in [1.165, 1.54) is 30.0 Å². The molecule has 2 heterocycles. The minimum Gasteiger partial charge on any atom is -0.461 e. The van der Waals surface area contributed by atoms with Crippen LogP contribution < -0.4 is 5.32 Å². The van der Waals surface area contributed by atoms with Crippen LogP contribution in [-0.4, -0.2) is 41.1 Å². The van der Waals surface area contributed by atoms with Crippen LogP contribution >= 0.6 is 23.4 Å². The first kappa shape index (κ1) is 19.5. The fraction of sp³-hybridized carbons (Fsp3) is 0.188. The number of nitrogens with zero attached hydrogens (tertiary/aromatic N) is 3. The maximum Gasteiger partial charge on any atom is 0.234 e. The number of aromatic nitrogens is 3. The van der Waals surface area contributed by atoms with Gasteiger partial charge in [0.2, 0.25) is 5.91 Å². The van der Waals surface area contributed by atoms with Crippen LogP contribution in [0.5, 0.6) is 0 Å². The Kier molecular flexibility index (Phi) is 5.59. The highest BCUT2D eigenvalue weighted by atomic mass is 35.5.